The van der Waals surface area contributed by atoms with Gasteiger partial charge in [-0.2, -0.15) is 5.10 Å². The summed E-state index contributed by atoms with van der Waals surface area (Å²) in [4.78, 5) is 11.1. The Bertz CT molecular complexity index is 1070. The number of hydrogen-bond donors (Lipinski definition) is 1. The van der Waals surface area contributed by atoms with Crippen molar-refractivity contribution >= 4 is 17.6 Å². The number of rotatable bonds is 8. The Labute approximate surface area is 172 Å². The van der Waals surface area contributed by atoms with Crippen LogP contribution < -0.4 is 14.9 Å². The lowest BCUT2D eigenvalue weighted by Gasteiger charge is -2.12. The number of anilines is 1. The highest BCUT2D eigenvalue weighted by Crippen LogP contribution is 2.38. The summed E-state index contributed by atoms with van der Waals surface area (Å²) in [5, 5.41) is 15.6. The van der Waals surface area contributed by atoms with E-state index in [9.17, 15) is 14.5 Å². The third-order valence-electron chi connectivity index (χ3n) is 4.19. The van der Waals surface area contributed by atoms with Crippen LogP contribution in [0.4, 0.5) is 15.8 Å². The number of methoxy groups -OCH3 is 1. The van der Waals surface area contributed by atoms with E-state index in [0.717, 1.165) is 11.1 Å². The second-order valence-electron chi connectivity index (χ2n) is 6.48. The number of hydrogen-bond acceptors (Lipinski definition) is 6. The van der Waals surface area contributed by atoms with E-state index in [1.165, 1.54) is 43.7 Å². The number of hydrazone groups is 1. The molecular weight excluding hydrogens is 389 g/mol. The van der Waals surface area contributed by atoms with Gasteiger partial charge in [0.2, 0.25) is 5.75 Å². The summed E-state index contributed by atoms with van der Waals surface area (Å²) in [5.41, 5.74) is 5.48. The fourth-order valence-corrected chi connectivity index (χ4v) is 2.78. The second-order valence-corrected chi connectivity index (χ2v) is 6.48. The molecule has 7 nitrogen and oxygen atoms in total. The standard InChI is InChI=1S/C22H20FN3O4/c1-15-4-3-5-16(10-15)14-30-22-20(26(27)28)11-17(12-21(22)29-2)13-24-25-19-8-6-18(23)7-9-19/h3-13,25H,14H2,1-2H3/b24-13+. The topological polar surface area (TPSA) is 86.0 Å². The lowest BCUT2D eigenvalue weighted by Crippen LogP contribution is -2.03. The number of nitrogens with one attached hydrogen (secondary N) is 1. The van der Waals surface area contributed by atoms with E-state index in [0.29, 0.717) is 11.3 Å². The maximum absolute atomic E-state index is 13.0. The van der Waals surface area contributed by atoms with Crippen molar-refractivity contribution in [2.45, 2.75) is 13.5 Å². The normalized spacial score (nSPS) is 10.8. The van der Waals surface area contributed by atoms with Crippen LogP contribution in [0.2, 0.25) is 0 Å². The van der Waals surface area contributed by atoms with Crippen molar-refractivity contribution in [3.63, 3.8) is 0 Å². The third kappa shape index (κ3) is 5.32. The van der Waals surface area contributed by atoms with Crippen molar-refractivity contribution in [2.75, 3.05) is 12.5 Å². The van der Waals surface area contributed by atoms with E-state index in [-0.39, 0.29) is 29.6 Å². The fourth-order valence-electron chi connectivity index (χ4n) is 2.78. The van der Waals surface area contributed by atoms with Gasteiger partial charge in [0.15, 0.2) is 5.75 Å². The molecule has 0 atom stereocenters. The largest absolute Gasteiger partial charge is 0.493 e. The van der Waals surface area contributed by atoms with Crippen LogP contribution in [-0.4, -0.2) is 18.2 Å². The minimum atomic E-state index is -0.529. The van der Waals surface area contributed by atoms with Crippen LogP contribution in [0.5, 0.6) is 11.5 Å². The molecule has 0 saturated heterocycles. The zero-order valence-electron chi connectivity index (χ0n) is 16.5. The van der Waals surface area contributed by atoms with Crippen molar-refractivity contribution in [1.29, 1.82) is 0 Å². The quantitative estimate of drug-likeness (QED) is 0.319. The average Bonchev–Trinajstić information content (AvgIpc) is 2.73. The molecule has 0 aliphatic carbocycles. The summed E-state index contributed by atoms with van der Waals surface area (Å²) in [5.74, 6) is -0.0844. The van der Waals surface area contributed by atoms with Crippen molar-refractivity contribution in [1.82, 2.24) is 0 Å². The van der Waals surface area contributed by atoms with E-state index in [1.54, 1.807) is 6.07 Å². The summed E-state index contributed by atoms with van der Waals surface area (Å²) >= 11 is 0. The molecule has 0 aliphatic rings. The zero-order valence-corrected chi connectivity index (χ0v) is 16.5. The predicted molar refractivity (Wildman–Crippen MR) is 113 cm³/mol. The average molecular weight is 409 g/mol. The van der Waals surface area contributed by atoms with Crippen molar-refractivity contribution in [3.05, 3.63) is 93.3 Å². The molecule has 1 N–H and O–H groups in total. The smallest absolute Gasteiger partial charge is 0.315 e. The maximum Gasteiger partial charge on any atom is 0.315 e. The second kappa shape index (κ2) is 9.51. The van der Waals surface area contributed by atoms with Crippen LogP contribution in [0.1, 0.15) is 16.7 Å². The van der Waals surface area contributed by atoms with Gasteiger partial charge in [0, 0.05) is 11.6 Å². The van der Waals surface area contributed by atoms with E-state index >= 15 is 0 Å². The highest BCUT2D eigenvalue weighted by atomic mass is 19.1. The molecule has 0 saturated carbocycles. The first kappa shape index (κ1) is 20.8. The van der Waals surface area contributed by atoms with Crippen LogP contribution in [-0.2, 0) is 6.61 Å². The van der Waals surface area contributed by atoms with E-state index < -0.39 is 4.92 Å². The summed E-state index contributed by atoms with van der Waals surface area (Å²) in [7, 11) is 1.41. The first-order chi connectivity index (χ1) is 14.5. The number of ether oxygens (including phenoxy) is 2. The molecule has 3 aromatic rings. The minimum Gasteiger partial charge on any atom is -0.493 e. The number of nitro benzene ring substituents is 1. The molecule has 0 unspecified atom stereocenters. The van der Waals surface area contributed by atoms with Crippen LogP contribution >= 0.6 is 0 Å². The van der Waals surface area contributed by atoms with Crippen molar-refractivity contribution < 1.29 is 18.8 Å². The van der Waals surface area contributed by atoms with Gasteiger partial charge >= 0.3 is 5.69 Å². The molecule has 0 fully saturated rings. The molecule has 0 aliphatic heterocycles. The van der Waals surface area contributed by atoms with Crippen LogP contribution in [0.3, 0.4) is 0 Å². The van der Waals surface area contributed by atoms with Gasteiger partial charge in [0.25, 0.3) is 0 Å². The van der Waals surface area contributed by atoms with Gasteiger partial charge < -0.3 is 9.47 Å². The molecule has 0 aromatic heterocycles. The molecule has 30 heavy (non-hydrogen) atoms. The first-order valence-corrected chi connectivity index (χ1v) is 9.05. The van der Waals surface area contributed by atoms with E-state index in [1.807, 2.05) is 31.2 Å². The molecule has 0 amide bonds. The third-order valence-corrected chi connectivity index (χ3v) is 4.19. The molecular formula is C22H20FN3O4. The van der Waals surface area contributed by atoms with Crippen molar-refractivity contribution in [3.8, 4) is 11.5 Å². The summed E-state index contributed by atoms with van der Waals surface area (Å²) in [6.45, 7) is 2.12. The lowest BCUT2D eigenvalue weighted by molar-refractivity contribution is -0.386. The van der Waals surface area contributed by atoms with Crippen LogP contribution in [0, 0.1) is 22.9 Å². The van der Waals surface area contributed by atoms with Gasteiger partial charge in [-0.15, -0.1) is 0 Å². The number of aryl methyl sites for hydroxylation is 1. The van der Waals surface area contributed by atoms with E-state index in [4.69, 9.17) is 9.47 Å². The Kier molecular flexibility index (Phi) is 6.59. The SMILES string of the molecule is COc1cc(/C=N/Nc2ccc(F)cc2)cc([N+](=O)[O-])c1OCc1cccc(C)c1. The molecule has 8 heteroatoms. The van der Waals surface area contributed by atoms with Gasteiger partial charge in [-0.1, -0.05) is 29.8 Å². The van der Waals surface area contributed by atoms with Gasteiger partial charge in [-0.25, -0.2) is 4.39 Å². The Morgan fingerprint density at radius 3 is 2.60 bits per heavy atom. The molecule has 0 radical (unpaired) electrons. The lowest BCUT2D eigenvalue weighted by atomic mass is 10.1. The van der Waals surface area contributed by atoms with Crippen LogP contribution in [0.15, 0.2) is 65.8 Å². The summed E-state index contributed by atoms with van der Waals surface area (Å²) < 4.78 is 24.0. The zero-order chi connectivity index (χ0) is 21.5. The molecule has 3 aromatic carbocycles. The number of benzene rings is 3. The first-order valence-electron chi connectivity index (χ1n) is 9.05. The monoisotopic (exact) mass is 409 g/mol. The Morgan fingerprint density at radius 2 is 1.93 bits per heavy atom. The number of halogens is 1. The molecule has 3 rings (SSSR count). The Hall–Kier alpha value is -3.94. The highest BCUT2D eigenvalue weighted by Gasteiger charge is 2.22. The minimum absolute atomic E-state index is 0.0487. The predicted octanol–water partition coefficient (Wildman–Crippen LogP) is 5.08. The Balaban J connectivity index is 1.82. The molecule has 154 valence electrons. The fraction of sp³-hybridized carbons (Fsp3) is 0.136. The number of nitro groups is 1. The van der Waals surface area contributed by atoms with Gasteiger partial charge in [0.05, 0.1) is 23.9 Å². The highest BCUT2D eigenvalue weighted by molar-refractivity contribution is 5.83. The summed E-state index contributed by atoms with van der Waals surface area (Å²) in [6.07, 6.45) is 1.41. The molecule has 0 bridgehead atoms. The van der Waals surface area contributed by atoms with Gasteiger partial charge in [0.1, 0.15) is 12.4 Å². The number of nitrogens with zero attached hydrogens (tertiary/aromatic N) is 2. The van der Waals surface area contributed by atoms with Crippen LogP contribution in [0.25, 0.3) is 0 Å². The molecule has 0 spiro atoms. The van der Waals surface area contributed by atoms with Crippen molar-refractivity contribution in [2.24, 2.45) is 5.10 Å². The molecule has 0 heterocycles. The maximum atomic E-state index is 13.0. The van der Waals surface area contributed by atoms with Gasteiger partial charge in [-0.3, -0.25) is 15.5 Å². The summed E-state index contributed by atoms with van der Waals surface area (Å²) in [6, 6.07) is 16.3. The van der Waals surface area contributed by atoms with E-state index in [2.05, 4.69) is 10.5 Å². The Morgan fingerprint density at radius 1 is 1.17 bits per heavy atom. The van der Waals surface area contributed by atoms with Gasteiger partial charge in [-0.05, 0) is 42.8 Å².